The second-order valence-electron chi connectivity index (χ2n) is 3.16. The average Bonchev–Trinajstić information content (AvgIpc) is 2.13. The standard InChI is InChI=1S/C10H9BrN2O/c11-9-3-7(4-12)1-2-10(9)14-8-5-13-6-8/h1-3,8,13H,5-6H2. The SMILES string of the molecule is N#Cc1ccc(OC2CNC2)c(Br)c1. The van der Waals surface area contributed by atoms with Crippen molar-refractivity contribution < 1.29 is 4.74 Å². The third kappa shape index (κ3) is 1.89. The van der Waals surface area contributed by atoms with Crippen LogP contribution in [0.25, 0.3) is 0 Å². The first-order chi connectivity index (χ1) is 6.79. The lowest BCUT2D eigenvalue weighted by Crippen LogP contribution is -2.50. The van der Waals surface area contributed by atoms with Crippen LogP contribution in [0.2, 0.25) is 0 Å². The first-order valence-corrected chi connectivity index (χ1v) is 5.16. The summed E-state index contributed by atoms with van der Waals surface area (Å²) in [6, 6.07) is 7.42. The van der Waals surface area contributed by atoms with Crippen molar-refractivity contribution in [3.05, 3.63) is 28.2 Å². The third-order valence-corrected chi connectivity index (χ3v) is 2.72. The van der Waals surface area contributed by atoms with Crippen LogP contribution in [-0.4, -0.2) is 19.2 Å². The van der Waals surface area contributed by atoms with Crippen LogP contribution in [0.5, 0.6) is 5.75 Å². The Morgan fingerprint density at radius 1 is 1.50 bits per heavy atom. The van der Waals surface area contributed by atoms with Gasteiger partial charge in [0.1, 0.15) is 11.9 Å². The Balaban J connectivity index is 2.14. The van der Waals surface area contributed by atoms with Gasteiger partial charge < -0.3 is 10.1 Å². The zero-order valence-electron chi connectivity index (χ0n) is 7.46. The summed E-state index contributed by atoms with van der Waals surface area (Å²) in [5, 5.41) is 11.8. The summed E-state index contributed by atoms with van der Waals surface area (Å²) in [7, 11) is 0. The quantitative estimate of drug-likeness (QED) is 0.871. The number of hydrogen-bond donors (Lipinski definition) is 1. The zero-order valence-corrected chi connectivity index (χ0v) is 9.04. The van der Waals surface area contributed by atoms with Crippen molar-refractivity contribution in [2.75, 3.05) is 13.1 Å². The van der Waals surface area contributed by atoms with Crippen molar-refractivity contribution in [1.82, 2.24) is 5.32 Å². The Labute approximate surface area is 90.8 Å². The molecule has 2 rings (SSSR count). The molecule has 1 saturated heterocycles. The zero-order chi connectivity index (χ0) is 9.97. The molecule has 1 fully saturated rings. The van der Waals surface area contributed by atoms with Gasteiger partial charge in [-0.15, -0.1) is 0 Å². The Kier molecular flexibility index (Phi) is 2.71. The van der Waals surface area contributed by atoms with Gasteiger partial charge in [-0.3, -0.25) is 0 Å². The lowest BCUT2D eigenvalue weighted by atomic mass is 10.2. The maximum atomic E-state index is 8.67. The van der Waals surface area contributed by atoms with E-state index in [9.17, 15) is 0 Å². The number of rotatable bonds is 2. The highest BCUT2D eigenvalue weighted by Crippen LogP contribution is 2.27. The summed E-state index contributed by atoms with van der Waals surface area (Å²) in [6.45, 7) is 1.79. The van der Waals surface area contributed by atoms with Crippen LogP contribution < -0.4 is 10.1 Å². The topological polar surface area (TPSA) is 45.0 Å². The first kappa shape index (κ1) is 9.50. The fraction of sp³-hybridized carbons (Fsp3) is 0.300. The molecular formula is C10H9BrN2O. The first-order valence-electron chi connectivity index (χ1n) is 4.36. The van der Waals surface area contributed by atoms with Gasteiger partial charge in [0.05, 0.1) is 16.1 Å². The predicted octanol–water partition coefficient (Wildman–Crippen LogP) is 1.67. The van der Waals surface area contributed by atoms with Crippen LogP contribution >= 0.6 is 15.9 Å². The molecule has 4 heteroatoms. The fourth-order valence-corrected chi connectivity index (χ4v) is 1.66. The van der Waals surface area contributed by atoms with E-state index in [1.165, 1.54) is 0 Å². The summed E-state index contributed by atoms with van der Waals surface area (Å²) in [5.41, 5.74) is 0.635. The van der Waals surface area contributed by atoms with Crippen molar-refractivity contribution in [2.45, 2.75) is 6.10 Å². The number of hydrogen-bond acceptors (Lipinski definition) is 3. The van der Waals surface area contributed by atoms with Gasteiger partial charge in [0.25, 0.3) is 0 Å². The number of halogens is 1. The van der Waals surface area contributed by atoms with Crippen molar-refractivity contribution in [2.24, 2.45) is 0 Å². The molecule has 14 heavy (non-hydrogen) atoms. The third-order valence-electron chi connectivity index (χ3n) is 2.10. The van der Waals surface area contributed by atoms with Gasteiger partial charge in [-0.25, -0.2) is 0 Å². The van der Waals surface area contributed by atoms with E-state index >= 15 is 0 Å². The number of benzene rings is 1. The molecule has 0 atom stereocenters. The molecular weight excluding hydrogens is 244 g/mol. The van der Waals surface area contributed by atoms with Gasteiger partial charge in [0.2, 0.25) is 0 Å². The molecule has 0 saturated carbocycles. The molecule has 0 aliphatic carbocycles. The van der Waals surface area contributed by atoms with Crippen LogP contribution in [0.15, 0.2) is 22.7 Å². The van der Waals surface area contributed by atoms with Crippen molar-refractivity contribution >= 4 is 15.9 Å². The Hall–Kier alpha value is -1.05. The summed E-state index contributed by atoms with van der Waals surface area (Å²) < 4.78 is 6.50. The van der Waals surface area contributed by atoms with Crippen molar-refractivity contribution in [1.29, 1.82) is 5.26 Å². The molecule has 0 amide bonds. The molecule has 1 aliphatic heterocycles. The van der Waals surface area contributed by atoms with E-state index in [1.807, 2.05) is 6.07 Å². The highest BCUT2D eigenvalue weighted by Gasteiger charge is 2.19. The van der Waals surface area contributed by atoms with Gasteiger partial charge in [-0.05, 0) is 34.1 Å². The molecule has 0 unspecified atom stereocenters. The number of nitrogens with one attached hydrogen (secondary N) is 1. The molecule has 1 N–H and O–H groups in total. The minimum atomic E-state index is 0.263. The van der Waals surface area contributed by atoms with Crippen molar-refractivity contribution in [3.63, 3.8) is 0 Å². The van der Waals surface area contributed by atoms with E-state index in [4.69, 9.17) is 10.00 Å². The Morgan fingerprint density at radius 2 is 2.29 bits per heavy atom. The highest BCUT2D eigenvalue weighted by molar-refractivity contribution is 9.10. The highest BCUT2D eigenvalue weighted by atomic mass is 79.9. The van der Waals surface area contributed by atoms with Gasteiger partial charge >= 0.3 is 0 Å². The average molecular weight is 253 g/mol. The van der Waals surface area contributed by atoms with Crippen LogP contribution in [0.3, 0.4) is 0 Å². The molecule has 1 aromatic rings. The van der Waals surface area contributed by atoms with E-state index in [0.717, 1.165) is 23.3 Å². The number of nitriles is 1. The Bertz CT molecular complexity index is 382. The largest absolute Gasteiger partial charge is 0.487 e. The summed E-state index contributed by atoms with van der Waals surface area (Å²) in [4.78, 5) is 0. The van der Waals surface area contributed by atoms with Crippen LogP contribution in [0.1, 0.15) is 5.56 Å². The minimum absolute atomic E-state index is 0.263. The van der Waals surface area contributed by atoms with E-state index in [0.29, 0.717) is 5.56 Å². The molecule has 1 heterocycles. The molecule has 0 spiro atoms. The normalized spacial score (nSPS) is 15.7. The summed E-state index contributed by atoms with van der Waals surface area (Å²) in [6.07, 6.45) is 0.263. The molecule has 1 aliphatic rings. The lowest BCUT2D eigenvalue weighted by Gasteiger charge is -2.28. The maximum absolute atomic E-state index is 8.67. The molecule has 1 aromatic carbocycles. The smallest absolute Gasteiger partial charge is 0.134 e. The molecule has 0 radical (unpaired) electrons. The summed E-state index contributed by atoms with van der Waals surface area (Å²) >= 11 is 3.37. The van der Waals surface area contributed by atoms with Gasteiger partial charge in [0.15, 0.2) is 0 Å². The number of ether oxygens (including phenoxy) is 1. The maximum Gasteiger partial charge on any atom is 0.134 e. The van der Waals surface area contributed by atoms with Crippen molar-refractivity contribution in [3.8, 4) is 11.8 Å². The van der Waals surface area contributed by atoms with E-state index in [1.54, 1.807) is 12.1 Å². The van der Waals surface area contributed by atoms with E-state index in [-0.39, 0.29) is 6.10 Å². The molecule has 72 valence electrons. The molecule has 0 bridgehead atoms. The molecule has 3 nitrogen and oxygen atoms in total. The van der Waals surface area contributed by atoms with E-state index in [2.05, 4.69) is 27.3 Å². The van der Waals surface area contributed by atoms with Gasteiger partial charge in [-0.2, -0.15) is 5.26 Å². The monoisotopic (exact) mass is 252 g/mol. The van der Waals surface area contributed by atoms with Crippen LogP contribution in [0.4, 0.5) is 0 Å². The van der Waals surface area contributed by atoms with Crippen LogP contribution in [-0.2, 0) is 0 Å². The second-order valence-corrected chi connectivity index (χ2v) is 4.01. The van der Waals surface area contributed by atoms with E-state index < -0.39 is 0 Å². The van der Waals surface area contributed by atoms with Crippen LogP contribution in [0, 0.1) is 11.3 Å². The summed E-state index contributed by atoms with van der Waals surface area (Å²) in [5.74, 6) is 0.801. The van der Waals surface area contributed by atoms with Gasteiger partial charge in [0, 0.05) is 13.1 Å². The number of nitrogens with zero attached hydrogens (tertiary/aromatic N) is 1. The lowest BCUT2D eigenvalue weighted by molar-refractivity contribution is 0.141. The fourth-order valence-electron chi connectivity index (χ4n) is 1.19. The second kappa shape index (κ2) is 3.99. The van der Waals surface area contributed by atoms with Gasteiger partial charge in [-0.1, -0.05) is 0 Å². The molecule has 0 aromatic heterocycles. The predicted molar refractivity (Wildman–Crippen MR) is 56.1 cm³/mol. The Morgan fingerprint density at radius 3 is 2.79 bits per heavy atom. The minimum Gasteiger partial charge on any atom is -0.487 e.